The summed E-state index contributed by atoms with van der Waals surface area (Å²) in [4.78, 5) is 10.5. The van der Waals surface area contributed by atoms with Gasteiger partial charge >= 0.3 is 6.18 Å². The summed E-state index contributed by atoms with van der Waals surface area (Å²) >= 11 is 5.73. The smallest absolute Gasteiger partial charge is 0.251 e. The number of hydrogen-bond donors (Lipinski definition) is 0. The van der Waals surface area contributed by atoms with Crippen LogP contribution in [0.5, 0.6) is 0 Å². The second-order valence-electron chi connectivity index (χ2n) is 3.57. The van der Waals surface area contributed by atoms with E-state index in [9.17, 15) is 13.2 Å². The molecule has 0 bridgehead atoms. The lowest BCUT2D eigenvalue weighted by molar-refractivity contribution is -0.141. The summed E-state index contributed by atoms with van der Waals surface area (Å²) in [6.07, 6.45) is -3.43. The topological polar surface area (TPSA) is 30.1 Å². The first-order valence-corrected chi connectivity index (χ1v) is 5.36. The molecule has 2 aromatic heterocycles. The summed E-state index contributed by atoms with van der Waals surface area (Å²) in [5.41, 5.74) is -0.0568. The van der Waals surface area contributed by atoms with Crippen LogP contribution in [0.4, 0.5) is 18.9 Å². The molecule has 0 amide bonds. The number of rotatable bonds is 1. The molecule has 0 saturated heterocycles. The lowest BCUT2D eigenvalue weighted by atomic mass is 10.1. The molecule has 0 aliphatic heterocycles. The summed E-state index contributed by atoms with van der Waals surface area (Å²) in [5, 5.41) is 0.100. The standard InChI is InChI=1S/C12H5ClF3N3/c1-17-8-4-9(19-11(13)5-8)7-2-3-10(18-6-7)12(14,15)16/h2-6H. The molecule has 96 valence electrons. The van der Waals surface area contributed by atoms with Gasteiger partial charge in [-0.1, -0.05) is 11.6 Å². The van der Waals surface area contributed by atoms with Gasteiger partial charge in [0.1, 0.15) is 10.8 Å². The van der Waals surface area contributed by atoms with E-state index in [1.165, 1.54) is 18.2 Å². The van der Waals surface area contributed by atoms with Gasteiger partial charge in [0.2, 0.25) is 0 Å². The number of aromatic nitrogens is 2. The number of halogens is 4. The normalized spacial score (nSPS) is 11.1. The van der Waals surface area contributed by atoms with Gasteiger partial charge in [-0.2, -0.15) is 13.2 Å². The predicted octanol–water partition coefficient (Wildman–Crippen LogP) is 4.37. The van der Waals surface area contributed by atoms with Gasteiger partial charge in [0.05, 0.1) is 12.3 Å². The summed E-state index contributed by atoms with van der Waals surface area (Å²) in [6, 6.07) is 4.90. The van der Waals surface area contributed by atoms with Crippen LogP contribution in [0.3, 0.4) is 0 Å². The van der Waals surface area contributed by atoms with E-state index < -0.39 is 11.9 Å². The molecule has 0 unspecified atom stereocenters. The Labute approximate surface area is 111 Å². The fourth-order valence-corrected chi connectivity index (χ4v) is 1.61. The molecule has 2 rings (SSSR count). The van der Waals surface area contributed by atoms with Gasteiger partial charge in [0.25, 0.3) is 0 Å². The third kappa shape index (κ3) is 3.01. The van der Waals surface area contributed by atoms with E-state index >= 15 is 0 Å². The molecule has 7 heteroatoms. The fourth-order valence-electron chi connectivity index (χ4n) is 1.41. The van der Waals surface area contributed by atoms with Crippen molar-refractivity contribution < 1.29 is 13.2 Å². The Morgan fingerprint density at radius 1 is 1.21 bits per heavy atom. The third-order valence-corrected chi connectivity index (χ3v) is 2.45. The van der Waals surface area contributed by atoms with Crippen molar-refractivity contribution in [3.8, 4) is 11.3 Å². The Morgan fingerprint density at radius 3 is 2.47 bits per heavy atom. The minimum atomic E-state index is -4.48. The molecule has 0 spiro atoms. The second-order valence-corrected chi connectivity index (χ2v) is 3.96. The molecule has 3 nitrogen and oxygen atoms in total. The van der Waals surface area contributed by atoms with E-state index in [0.29, 0.717) is 11.3 Å². The Balaban J connectivity index is 2.43. The van der Waals surface area contributed by atoms with Gasteiger partial charge in [-0.05, 0) is 24.3 Å². The number of alkyl halides is 3. The summed E-state index contributed by atoms with van der Waals surface area (Å²) in [7, 11) is 0. The third-order valence-electron chi connectivity index (χ3n) is 2.26. The highest BCUT2D eigenvalue weighted by molar-refractivity contribution is 6.29. The average Bonchev–Trinajstić information content (AvgIpc) is 2.37. The monoisotopic (exact) mass is 283 g/mol. The first-order chi connectivity index (χ1) is 8.90. The molecule has 0 saturated carbocycles. The second kappa shape index (κ2) is 4.86. The van der Waals surface area contributed by atoms with Crippen LogP contribution in [0.25, 0.3) is 16.1 Å². The molecule has 0 radical (unpaired) electrons. The Hall–Kier alpha value is -2.13. The maximum Gasteiger partial charge on any atom is 0.433 e. The van der Waals surface area contributed by atoms with Crippen LogP contribution in [-0.2, 0) is 6.18 Å². The van der Waals surface area contributed by atoms with Gasteiger partial charge < -0.3 is 0 Å². The lowest BCUT2D eigenvalue weighted by Gasteiger charge is -2.06. The van der Waals surface area contributed by atoms with Crippen LogP contribution >= 0.6 is 11.6 Å². The zero-order valence-corrected chi connectivity index (χ0v) is 10.00. The zero-order chi connectivity index (χ0) is 14.0. The van der Waals surface area contributed by atoms with Gasteiger partial charge in [0.15, 0.2) is 5.69 Å². The van der Waals surface area contributed by atoms with Crippen molar-refractivity contribution in [1.29, 1.82) is 0 Å². The lowest BCUT2D eigenvalue weighted by Crippen LogP contribution is -2.07. The van der Waals surface area contributed by atoms with Gasteiger partial charge in [0, 0.05) is 11.8 Å². The van der Waals surface area contributed by atoms with E-state index in [1.807, 2.05) is 0 Å². The van der Waals surface area contributed by atoms with Gasteiger partial charge in [-0.3, -0.25) is 4.98 Å². The van der Waals surface area contributed by atoms with Crippen LogP contribution in [-0.4, -0.2) is 9.97 Å². The maximum atomic E-state index is 12.4. The van der Waals surface area contributed by atoms with Crippen LogP contribution < -0.4 is 0 Å². The highest BCUT2D eigenvalue weighted by atomic mass is 35.5. The van der Waals surface area contributed by atoms with Crippen LogP contribution in [0.15, 0.2) is 30.5 Å². The maximum absolute atomic E-state index is 12.4. The molecule has 2 aromatic rings. The molecule has 0 aromatic carbocycles. The fraction of sp³-hybridized carbons (Fsp3) is 0.0833. The minimum absolute atomic E-state index is 0.100. The largest absolute Gasteiger partial charge is 0.433 e. The van der Waals surface area contributed by atoms with Crippen LogP contribution in [0.1, 0.15) is 5.69 Å². The molecule has 0 N–H and O–H groups in total. The molecular weight excluding hydrogens is 279 g/mol. The molecule has 0 aliphatic carbocycles. The van der Waals surface area contributed by atoms with Crippen LogP contribution in [0, 0.1) is 6.57 Å². The summed E-state index contributed by atoms with van der Waals surface area (Å²) < 4.78 is 37.1. The Morgan fingerprint density at radius 2 is 1.95 bits per heavy atom. The molecule has 0 atom stereocenters. The van der Waals surface area contributed by atoms with E-state index in [-0.39, 0.29) is 10.8 Å². The van der Waals surface area contributed by atoms with E-state index in [0.717, 1.165) is 12.3 Å². The van der Waals surface area contributed by atoms with E-state index in [1.54, 1.807) is 0 Å². The highest BCUT2D eigenvalue weighted by Gasteiger charge is 2.32. The number of hydrogen-bond acceptors (Lipinski definition) is 2. The van der Waals surface area contributed by atoms with Crippen molar-refractivity contribution in [3.05, 3.63) is 52.7 Å². The minimum Gasteiger partial charge on any atom is -0.251 e. The van der Waals surface area contributed by atoms with Crippen molar-refractivity contribution >= 4 is 17.3 Å². The molecular formula is C12H5ClF3N3. The SMILES string of the molecule is [C-]#[N+]c1cc(Cl)nc(-c2ccc(C(F)(F)F)nc2)c1. The average molecular weight is 284 g/mol. The molecule has 2 heterocycles. The molecule has 0 fully saturated rings. The van der Waals surface area contributed by atoms with E-state index in [2.05, 4.69) is 14.8 Å². The summed E-state index contributed by atoms with van der Waals surface area (Å²) in [5.74, 6) is 0. The Bertz CT molecular complexity index is 645. The van der Waals surface area contributed by atoms with Crippen molar-refractivity contribution in [1.82, 2.24) is 9.97 Å². The summed E-state index contributed by atoms with van der Waals surface area (Å²) in [6.45, 7) is 6.89. The first-order valence-electron chi connectivity index (χ1n) is 4.99. The first kappa shape index (κ1) is 13.3. The van der Waals surface area contributed by atoms with Crippen LogP contribution in [0.2, 0.25) is 5.15 Å². The van der Waals surface area contributed by atoms with Gasteiger partial charge in [-0.25, -0.2) is 9.83 Å². The Kier molecular flexibility index (Phi) is 3.40. The van der Waals surface area contributed by atoms with Crippen molar-refractivity contribution in [2.75, 3.05) is 0 Å². The zero-order valence-electron chi connectivity index (χ0n) is 9.24. The number of nitrogens with zero attached hydrogens (tertiary/aromatic N) is 3. The quantitative estimate of drug-likeness (QED) is 0.575. The highest BCUT2D eigenvalue weighted by Crippen LogP contribution is 2.30. The van der Waals surface area contributed by atoms with Crippen molar-refractivity contribution in [2.45, 2.75) is 6.18 Å². The number of pyridine rings is 2. The predicted molar refractivity (Wildman–Crippen MR) is 63.7 cm³/mol. The van der Waals surface area contributed by atoms with Crippen molar-refractivity contribution in [3.63, 3.8) is 0 Å². The molecule has 19 heavy (non-hydrogen) atoms. The van der Waals surface area contributed by atoms with Gasteiger partial charge in [-0.15, -0.1) is 0 Å². The van der Waals surface area contributed by atoms with Crippen molar-refractivity contribution in [2.24, 2.45) is 0 Å². The van der Waals surface area contributed by atoms with E-state index in [4.69, 9.17) is 18.2 Å². The molecule has 0 aliphatic rings.